The van der Waals surface area contributed by atoms with E-state index in [2.05, 4.69) is 37.1 Å². The number of rotatable bonds is 8. The highest BCUT2D eigenvalue weighted by Crippen LogP contribution is 2.45. The Hall–Kier alpha value is -4.07. The van der Waals surface area contributed by atoms with Crippen molar-refractivity contribution >= 4 is 75.5 Å². The SMILES string of the molecule is C=CS(=O)(=O)c1ccc(N=Nc2c(S(=O)(=O)O)cc3cc(S(=O)(=O)O)cc(Nc4ncnc(Cl)n4)c3c2O)cc1. The summed E-state index contributed by atoms with van der Waals surface area (Å²) in [5, 5.41) is 21.3. The van der Waals surface area contributed by atoms with Gasteiger partial charge in [0.15, 0.2) is 15.6 Å². The Morgan fingerprint density at radius 2 is 1.57 bits per heavy atom. The molecule has 40 heavy (non-hydrogen) atoms. The summed E-state index contributed by atoms with van der Waals surface area (Å²) < 4.78 is 91.4. The summed E-state index contributed by atoms with van der Waals surface area (Å²) in [4.78, 5) is 9.43. The van der Waals surface area contributed by atoms with Crippen molar-refractivity contribution in [3.63, 3.8) is 0 Å². The summed E-state index contributed by atoms with van der Waals surface area (Å²) in [7, 11) is -13.7. The van der Waals surface area contributed by atoms with Crippen molar-refractivity contribution in [3.8, 4) is 5.75 Å². The second-order valence-electron chi connectivity index (χ2n) is 7.70. The van der Waals surface area contributed by atoms with Crippen LogP contribution in [0, 0.1) is 0 Å². The second kappa shape index (κ2) is 10.5. The minimum absolute atomic E-state index is 0.0312. The van der Waals surface area contributed by atoms with Gasteiger partial charge in [-0.05, 0) is 59.5 Å². The maximum absolute atomic E-state index is 12.2. The van der Waals surface area contributed by atoms with Gasteiger partial charge in [-0.25, -0.2) is 18.4 Å². The number of hydrogen-bond donors (Lipinski definition) is 4. The van der Waals surface area contributed by atoms with Gasteiger partial charge >= 0.3 is 0 Å². The summed E-state index contributed by atoms with van der Waals surface area (Å²) in [5.74, 6) is -1.10. The van der Waals surface area contributed by atoms with Crippen LogP contribution in [0.25, 0.3) is 10.8 Å². The highest BCUT2D eigenvalue weighted by atomic mass is 35.5. The van der Waals surface area contributed by atoms with Crippen molar-refractivity contribution in [3.05, 3.63) is 66.1 Å². The van der Waals surface area contributed by atoms with Crippen molar-refractivity contribution in [1.82, 2.24) is 15.0 Å². The molecule has 0 radical (unpaired) electrons. The Balaban J connectivity index is 1.96. The lowest BCUT2D eigenvalue weighted by Gasteiger charge is -2.14. The number of phenols is 1. The van der Waals surface area contributed by atoms with Crippen LogP contribution in [-0.4, -0.2) is 54.4 Å². The van der Waals surface area contributed by atoms with Crippen molar-refractivity contribution < 1.29 is 39.5 Å². The van der Waals surface area contributed by atoms with E-state index < -0.39 is 51.3 Å². The van der Waals surface area contributed by atoms with Crippen LogP contribution in [0.2, 0.25) is 5.28 Å². The van der Waals surface area contributed by atoms with Crippen LogP contribution in [-0.2, 0) is 30.1 Å². The molecule has 0 aliphatic carbocycles. The molecule has 0 amide bonds. The molecule has 19 heteroatoms. The molecule has 0 aliphatic heterocycles. The fourth-order valence-corrected chi connectivity index (χ4v) is 5.40. The Bertz CT molecular complexity index is 2030. The van der Waals surface area contributed by atoms with Gasteiger partial charge in [-0.1, -0.05) is 6.58 Å². The summed E-state index contributed by atoms with van der Waals surface area (Å²) in [6, 6.07) is 7.37. The third-order valence-electron chi connectivity index (χ3n) is 5.14. The predicted octanol–water partition coefficient (Wildman–Crippen LogP) is 3.95. The first-order valence-corrected chi connectivity index (χ1v) is 15.2. The van der Waals surface area contributed by atoms with E-state index >= 15 is 0 Å². The number of anilines is 2. The van der Waals surface area contributed by atoms with E-state index in [-0.39, 0.29) is 38.3 Å². The molecule has 0 bridgehead atoms. The minimum atomic E-state index is -5.09. The van der Waals surface area contributed by atoms with Crippen LogP contribution < -0.4 is 5.32 Å². The summed E-state index contributed by atoms with van der Waals surface area (Å²) in [5.41, 5.74) is -0.972. The van der Waals surface area contributed by atoms with Crippen LogP contribution in [0.4, 0.5) is 23.0 Å². The molecular weight excluding hydrogens is 612 g/mol. The molecule has 0 atom stereocenters. The monoisotopic (exact) mass is 626 g/mol. The van der Waals surface area contributed by atoms with E-state index in [4.69, 9.17) is 11.6 Å². The minimum Gasteiger partial charge on any atom is -0.505 e. The molecule has 0 saturated carbocycles. The number of aromatic nitrogens is 3. The number of halogens is 1. The molecule has 4 rings (SSSR count). The predicted molar refractivity (Wildman–Crippen MR) is 141 cm³/mol. The zero-order valence-electron chi connectivity index (χ0n) is 19.5. The third-order valence-corrected chi connectivity index (χ3v) is 8.39. The Morgan fingerprint density at radius 1 is 0.900 bits per heavy atom. The van der Waals surface area contributed by atoms with Crippen molar-refractivity contribution in [1.29, 1.82) is 0 Å². The zero-order chi connectivity index (χ0) is 29.5. The third kappa shape index (κ3) is 6.06. The maximum atomic E-state index is 12.2. The molecule has 208 valence electrons. The fourth-order valence-electron chi connectivity index (χ4n) is 3.36. The van der Waals surface area contributed by atoms with E-state index in [0.29, 0.717) is 0 Å². The highest BCUT2D eigenvalue weighted by molar-refractivity contribution is 7.94. The van der Waals surface area contributed by atoms with E-state index in [9.17, 15) is 39.5 Å². The first-order valence-electron chi connectivity index (χ1n) is 10.4. The molecule has 15 nitrogen and oxygen atoms in total. The van der Waals surface area contributed by atoms with Crippen LogP contribution in [0.15, 0.2) is 85.7 Å². The number of hydrogen-bond acceptors (Lipinski definition) is 13. The first kappa shape index (κ1) is 28.9. The standard InChI is InChI=1S/C21H15ClN6O9S3/c1-2-38(30,31)13-5-3-12(4-6-13)27-28-18-16(40(35,36)37)8-11-7-14(39(32,33)34)9-15(17(11)19(18)29)25-21-24-10-23-20(22)26-21/h2-10,29H,1H2,(H,32,33,34)(H,35,36,37)(H,23,24,25,26). The highest BCUT2D eigenvalue weighted by Gasteiger charge is 2.26. The maximum Gasteiger partial charge on any atom is 0.296 e. The average Bonchev–Trinajstić information content (AvgIpc) is 2.87. The molecule has 4 aromatic rings. The second-order valence-corrected chi connectivity index (χ2v) is 12.7. The van der Waals surface area contributed by atoms with Gasteiger partial charge in [0.25, 0.3) is 20.2 Å². The fraction of sp³-hybridized carbons (Fsp3) is 0. The summed E-state index contributed by atoms with van der Waals surface area (Å²) >= 11 is 5.76. The van der Waals surface area contributed by atoms with Gasteiger partial charge in [0.1, 0.15) is 16.9 Å². The van der Waals surface area contributed by atoms with Gasteiger partial charge in [0, 0.05) is 10.8 Å². The van der Waals surface area contributed by atoms with E-state index in [1.54, 1.807) is 0 Å². The number of fused-ring (bicyclic) bond motifs is 1. The molecule has 4 N–H and O–H groups in total. The number of phenolic OH excluding ortho intramolecular Hbond substituents is 1. The first-order chi connectivity index (χ1) is 18.6. The van der Waals surface area contributed by atoms with Crippen molar-refractivity contribution in [2.45, 2.75) is 14.7 Å². The van der Waals surface area contributed by atoms with Crippen LogP contribution in [0.5, 0.6) is 5.75 Å². The quantitative estimate of drug-likeness (QED) is 0.160. The Morgan fingerprint density at radius 3 is 2.15 bits per heavy atom. The number of aromatic hydroxyl groups is 1. The van der Waals surface area contributed by atoms with Crippen molar-refractivity contribution in [2.75, 3.05) is 5.32 Å². The molecule has 0 fully saturated rings. The van der Waals surface area contributed by atoms with Gasteiger partial charge in [-0.2, -0.15) is 26.9 Å². The molecular formula is C21H15ClN6O9S3. The molecule has 1 aromatic heterocycles. The number of sulfone groups is 1. The lowest BCUT2D eigenvalue weighted by Crippen LogP contribution is -2.04. The Labute approximate surface area is 231 Å². The van der Waals surface area contributed by atoms with Crippen molar-refractivity contribution in [2.24, 2.45) is 10.2 Å². The number of azo groups is 1. The molecule has 0 aliphatic rings. The number of nitrogens with zero attached hydrogens (tertiary/aromatic N) is 5. The largest absolute Gasteiger partial charge is 0.505 e. The summed E-state index contributed by atoms with van der Waals surface area (Å²) in [6.45, 7) is 3.22. The molecule has 0 saturated heterocycles. The molecule has 3 aromatic carbocycles. The van der Waals surface area contributed by atoms with E-state index in [1.165, 1.54) is 24.3 Å². The average molecular weight is 627 g/mol. The molecule has 0 unspecified atom stereocenters. The topological polar surface area (TPSA) is 239 Å². The van der Waals surface area contributed by atoms with Gasteiger partial charge in [0.2, 0.25) is 11.2 Å². The van der Waals surface area contributed by atoms with Gasteiger partial charge in [-0.3, -0.25) is 9.11 Å². The van der Waals surface area contributed by atoms with E-state index in [1.807, 2.05) is 0 Å². The number of nitrogens with one attached hydrogen (secondary N) is 1. The van der Waals surface area contributed by atoms with E-state index in [0.717, 1.165) is 29.9 Å². The van der Waals surface area contributed by atoms with Gasteiger partial charge in [-0.15, -0.1) is 5.11 Å². The normalized spacial score (nSPS) is 12.6. The number of benzene rings is 3. The lowest BCUT2D eigenvalue weighted by atomic mass is 10.1. The Kier molecular flexibility index (Phi) is 7.58. The van der Waals surface area contributed by atoms with Crippen LogP contribution in [0.1, 0.15) is 0 Å². The smallest absolute Gasteiger partial charge is 0.296 e. The zero-order valence-corrected chi connectivity index (χ0v) is 22.7. The lowest BCUT2D eigenvalue weighted by molar-refractivity contribution is 0.472. The molecule has 1 heterocycles. The molecule has 0 spiro atoms. The van der Waals surface area contributed by atoms with Crippen LogP contribution in [0.3, 0.4) is 0 Å². The van der Waals surface area contributed by atoms with Gasteiger partial charge in [0.05, 0.1) is 21.2 Å². The van der Waals surface area contributed by atoms with Gasteiger partial charge < -0.3 is 10.4 Å². The van der Waals surface area contributed by atoms with Crippen LogP contribution >= 0.6 is 11.6 Å². The summed E-state index contributed by atoms with van der Waals surface area (Å²) in [6.07, 6.45) is 1.02.